The molecule has 1 aliphatic heterocycles. The number of aryl methyl sites for hydroxylation is 1. The number of carbonyl (C=O) groups is 2. The molecule has 1 aliphatic carbocycles. The minimum absolute atomic E-state index is 0.186. The van der Waals surface area contributed by atoms with E-state index in [0.717, 1.165) is 19.3 Å². The number of rotatable bonds is 5. The summed E-state index contributed by atoms with van der Waals surface area (Å²) in [6, 6.07) is 4.80. The molecule has 3 rings (SSSR count). The number of benzene rings is 1. The van der Waals surface area contributed by atoms with E-state index in [1.54, 1.807) is 25.1 Å². The van der Waals surface area contributed by atoms with Gasteiger partial charge in [0, 0.05) is 18.8 Å². The van der Waals surface area contributed by atoms with Crippen LogP contribution in [0.25, 0.3) is 0 Å². The van der Waals surface area contributed by atoms with Crippen LogP contribution in [0.15, 0.2) is 35.2 Å². The fourth-order valence-corrected chi connectivity index (χ4v) is 5.58. The second kappa shape index (κ2) is 8.45. The lowest BCUT2D eigenvalue weighted by atomic mass is 9.82. The fraction of sp³-hybridized carbons (Fsp3) is 0.500. The van der Waals surface area contributed by atoms with Crippen LogP contribution in [0.2, 0.25) is 0 Å². The van der Waals surface area contributed by atoms with Crippen LogP contribution in [0.3, 0.4) is 0 Å². The van der Waals surface area contributed by atoms with Gasteiger partial charge in [-0.1, -0.05) is 24.6 Å². The summed E-state index contributed by atoms with van der Waals surface area (Å²) in [5.74, 6) is -2.85. The largest absolute Gasteiger partial charge is 0.481 e. The Hall–Kier alpha value is -2.19. The summed E-state index contributed by atoms with van der Waals surface area (Å²) in [7, 11) is -3.62. The first-order chi connectivity index (χ1) is 13.3. The van der Waals surface area contributed by atoms with Gasteiger partial charge in [-0.15, -0.1) is 0 Å². The predicted octanol–water partition coefficient (Wildman–Crippen LogP) is 2.78. The topological polar surface area (TPSA) is 104 Å². The Balaban J connectivity index is 1.82. The van der Waals surface area contributed by atoms with Crippen molar-refractivity contribution in [2.24, 2.45) is 11.8 Å². The first kappa shape index (κ1) is 20.5. The molecule has 152 valence electrons. The highest BCUT2D eigenvalue weighted by atomic mass is 32.2. The number of piperidine rings is 1. The average Bonchev–Trinajstić information content (AvgIpc) is 2.70. The van der Waals surface area contributed by atoms with Crippen molar-refractivity contribution in [1.82, 2.24) is 4.31 Å². The first-order valence-corrected chi connectivity index (χ1v) is 11.0. The SMILES string of the molecule is Cc1ccc(NC(=O)[C@@H]2CC=CC[C@H]2C(=O)O)cc1S(=O)(=O)N1CCCCC1. The van der Waals surface area contributed by atoms with Crippen molar-refractivity contribution in [3.63, 3.8) is 0 Å². The van der Waals surface area contributed by atoms with Gasteiger partial charge in [-0.3, -0.25) is 9.59 Å². The van der Waals surface area contributed by atoms with Crippen LogP contribution < -0.4 is 5.32 Å². The maximum absolute atomic E-state index is 13.0. The van der Waals surface area contributed by atoms with Crippen LogP contribution in [0.5, 0.6) is 0 Å². The van der Waals surface area contributed by atoms with Crippen molar-refractivity contribution < 1.29 is 23.1 Å². The number of carboxylic acid groups (broad SMARTS) is 1. The molecule has 0 spiro atoms. The summed E-state index contributed by atoms with van der Waals surface area (Å²) in [5.41, 5.74) is 0.984. The maximum atomic E-state index is 13.0. The molecule has 1 amide bonds. The van der Waals surface area contributed by atoms with Crippen molar-refractivity contribution in [3.8, 4) is 0 Å². The lowest BCUT2D eigenvalue weighted by Crippen LogP contribution is -2.36. The second-order valence-electron chi connectivity index (χ2n) is 7.43. The maximum Gasteiger partial charge on any atom is 0.307 e. The number of carbonyl (C=O) groups excluding carboxylic acids is 1. The summed E-state index contributed by atoms with van der Waals surface area (Å²) in [5, 5.41) is 12.1. The summed E-state index contributed by atoms with van der Waals surface area (Å²) in [6.07, 6.45) is 6.98. The molecule has 8 heteroatoms. The third-order valence-electron chi connectivity index (χ3n) is 5.47. The number of aliphatic carboxylic acids is 1. The minimum Gasteiger partial charge on any atom is -0.481 e. The molecule has 2 aliphatic rings. The molecule has 1 heterocycles. The van der Waals surface area contributed by atoms with Crippen molar-refractivity contribution in [2.45, 2.75) is 43.9 Å². The molecule has 0 aromatic heterocycles. The van der Waals surface area contributed by atoms with Crippen LogP contribution in [0.4, 0.5) is 5.69 Å². The summed E-state index contributed by atoms with van der Waals surface area (Å²) >= 11 is 0. The number of anilines is 1. The van der Waals surface area contributed by atoms with E-state index in [9.17, 15) is 23.1 Å². The zero-order chi connectivity index (χ0) is 20.3. The Morgan fingerprint density at radius 2 is 1.71 bits per heavy atom. The summed E-state index contributed by atoms with van der Waals surface area (Å²) < 4.78 is 27.5. The molecule has 28 heavy (non-hydrogen) atoms. The van der Waals surface area contributed by atoms with Crippen molar-refractivity contribution >= 4 is 27.6 Å². The van der Waals surface area contributed by atoms with Crippen LogP contribution in [-0.4, -0.2) is 42.8 Å². The Bertz CT molecular complexity index is 888. The minimum atomic E-state index is -3.62. The van der Waals surface area contributed by atoms with Crippen molar-refractivity contribution in [2.75, 3.05) is 18.4 Å². The Kier molecular flexibility index (Phi) is 6.20. The molecule has 2 N–H and O–H groups in total. The molecule has 0 bridgehead atoms. The van der Waals surface area contributed by atoms with Gasteiger partial charge in [0.1, 0.15) is 0 Å². The normalized spacial score (nSPS) is 23.3. The molecule has 2 atom stereocenters. The van der Waals surface area contributed by atoms with Crippen LogP contribution >= 0.6 is 0 Å². The van der Waals surface area contributed by atoms with E-state index in [1.807, 2.05) is 6.08 Å². The molecule has 0 saturated carbocycles. The smallest absolute Gasteiger partial charge is 0.307 e. The van der Waals surface area contributed by atoms with E-state index in [0.29, 0.717) is 37.2 Å². The lowest BCUT2D eigenvalue weighted by molar-refractivity contribution is -0.146. The third kappa shape index (κ3) is 4.28. The standard InChI is InChI=1S/C20H26N2O5S/c1-14-9-10-15(13-18(14)28(26,27)22-11-5-2-6-12-22)21-19(23)16-7-3-4-8-17(16)20(24)25/h3-4,9-10,13,16-17H,2,5-8,11-12H2,1H3,(H,21,23)(H,24,25)/t16-,17-/m1/s1. The highest BCUT2D eigenvalue weighted by Crippen LogP contribution is 2.29. The first-order valence-electron chi connectivity index (χ1n) is 9.60. The van der Waals surface area contributed by atoms with Gasteiger partial charge in [0.15, 0.2) is 0 Å². The Morgan fingerprint density at radius 1 is 1.07 bits per heavy atom. The van der Waals surface area contributed by atoms with Gasteiger partial charge in [0.25, 0.3) is 0 Å². The van der Waals surface area contributed by atoms with Crippen LogP contribution in [0, 0.1) is 18.8 Å². The molecule has 0 unspecified atom stereocenters. The van der Waals surface area contributed by atoms with E-state index >= 15 is 0 Å². The van der Waals surface area contributed by atoms with E-state index in [-0.39, 0.29) is 4.90 Å². The molecule has 1 aromatic rings. The quantitative estimate of drug-likeness (QED) is 0.732. The number of hydrogen-bond donors (Lipinski definition) is 2. The fourth-order valence-electron chi connectivity index (χ4n) is 3.81. The van der Waals surface area contributed by atoms with E-state index < -0.39 is 33.7 Å². The summed E-state index contributed by atoms with van der Waals surface area (Å²) in [4.78, 5) is 24.3. The number of allylic oxidation sites excluding steroid dienone is 2. The number of hydrogen-bond acceptors (Lipinski definition) is 4. The number of nitrogens with one attached hydrogen (secondary N) is 1. The Labute approximate surface area is 165 Å². The van der Waals surface area contributed by atoms with Crippen LogP contribution in [-0.2, 0) is 19.6 Å². The number of sulfonamides is 1. The number of amides is 1. The average molecular weight is 407 g/mol. The summed E-state index contributed by atoms with van der Waals surface area (Å²) in [6.45, 7) is 2.74. The van der Waals surface area contributed by atoms with Crippen molar-refractivity contribution in [3.05, 3.63) is 35.9 Å². The third-order valence-corrected chi connectivity index (χ3v) is 7.52. The molecule has 1 saturated heterocycles. The molecule has 1 fully saturated rings. The highest BCUT2D eigenvalue weighted by molar-refractivity contribution is 7.89. The molecule has 7 nitrogen and oxygen atoms in total. The van der Waals surface area contributed by atoms with E-state index in [2.05, 4.69) is 5.32 Å². The number of carboxylic acids is 1. The van der Waals surface area contributed by atoms with Gasteiger partial charge in [0.05, 0.1) is 16.7 Å². The van der Waals surface area contributed by atoms with Crippen molar-refractivity contribution in [1.29, 1.82) is 0 Å². The van der Waals surface area contributed by atoms with Gasteiger partial charge in [-0.2, -0.15) is 4.31 Å². The van der Waals surface area contributed by atoms with E-state index in [4.69, 9.17) is 0 Å². The zero-order valence-corrected chi connectivity index (χ0v) is 16.7. The Morgan fingerprint density at radius 3 is 2.36 bits per heavy atom. The molecular weight excluding hydrogens is 380 g/mol. The zero-order valence-electron chi connectivity index (χ0n) is 15.9. The number of nitrogens with zero attached hydrogens (tertiary/aromatic N) is 1. The van der Waals surface area contributed by atoms with Gasteiger partial charge in [-0.05, 0) is 50.3 Å². The predicted molar refractivity (Wildman–Crippen MR) is 105 cm³/mol. The van der Waals surface area contributed by atoms with Gasteiger partial charge in [-0.25, -0.2) is 8.42 Å². The molecular formula is C20H26N2O5S. The monoisotopic (exact) mass is 406 g/mol. The van der Waals surface area contributed by atoms with Gasteiger partial charge >= 0.3 is 5.97 Å². The van der Waals surface area contributed by atoms with Crippen LogP contribution in [0.1, 0.15) is 37.7 Å². The van der Waals surface area contributed by atoms with E-state index in [1.165, 1.54) is 10.4 Å². The second-order valence-corrected chi connectivity index (χ2v) is 9.33. The van der Waals surface area contributed by atoms with Gasteiger partial charge < -0.3 is 10.4 Å². The highest BCUT2D eigenvalue weighted by Gasteiger charge is 2.34. The van der Waals surface area contributed by atoms with Gasteiger partial charge in [0.2, 0.25) is 15.9 Å². The lowest BCUT2D eigenvalue weighted by Gasteiger charge is -2.27. The molecule has 1 aromatic carbocycles. The molecule has 0 radical (unpaired) electrons.